The molecule has 1 saturated heterocycles. The Bertz CT molecular complexity index is 280. The van der Waals surface area contributed by atoms with Gasteiger partial charge in [0, 0.05) is 11.8 Å². The summed E-state index contributed by atoms with van der Waals surface area (Å²) < 4.78 is 0. The van der Waals surface area contributed by atoms with Gasteiger partial charge in [0.15, 0.2) is 0 Å². The second-order valence-electron chi connectivity index (χ2n) is 2.94. The highest BCUT2D eigenvalue weighted by Crippen LogP contribution is 2.11. The lowest BCUT2D eigenvalue weighted by molar-refractivity contribution is -0.140. The number of urea groups is 1. The third-order valence-corrected chi connectivity index (χ3v) is 2.98. The van der Waals surface area contributed by atoms with Gasteiger partial charge in [-0.05, 0) is 12.7 Å². The van der Waals surface area contributed by atoms with Gasteiger partial charge in [-0.2, -0.15) is 11.8 Å². The highest BCUT2D eigenvalue weighted by molar-refractivity contribution is 7.99. The van der Waals surface area contributed by atoms with Gasteiger partial charge in [0.2, 0.25) is 0 Å². The van der Waals surface area contributed by atoms with Gasteiger partial charge in [-0.25, -0.2) is 4.79 Å². The molecule has 1 unspecified atom stereocenters. The Balaban J connectivity index is 2.62. The van der Waals surface area contributed by atoms with Gasteiger partial charge < -0.3 is 0 Å². The number of hydrogen-bond donors (Lipinski definition) is 1. The van der Waals surface area contributed by atoms with Crippen LogP contribution in [-0.4, -0.2) is 40.3 Å². The van der Waals surface area contributed by atoms with E-state index in [1.54, 1.807) is 18.7 Å². The molecule has 14 heavy (non-hydrogen) atoms. The number of nitrogens with zero attached hydrogens (tertiary/aromatic N) is 1. The van der Waals surface area contributed by atoms with E-state index in [0.29, 0.717) is 5.75 Å². The molecule has 1 aliphatic rings. The minimum absolute atomic E-state index is 0.237. The first kappa shape index (κ1) is 11.0. The normalized spacial score (nSPS) is 18.7. The topological polar surface area (TPSA) is 66.5 Å². The molecule has 0 bridgehead atoms. The first-order valence-electron chi connectivity index (χ1n) is 4.34. The fourth-order valence-electron chi connectivity index (χ4n) is 1.18. The maximum atomic E-state index is 11.2. The minimum Gasteiger partial charge on any atom is -0.269 e. The molecule has 1 atom stereocenters. The quantitative estimate of drug-likeness (QED) is 0.538. The third kappa shape index (κ3) is 2.06. The van der Waals surface area contributed by atoms with E-state index in [-0.39, 0.29) is 6.04 Å². The standard InChI is InChI=1S/C8H12N2O3S/c1-3-14-4-5(2)10-7(12)6(11)9-8(10)13/h5H,3-4H2,1-2H3,(H,9,11,13). The molecule has 6 heteroatoms. The van der Waals surface area contributed by atoms with Crippen LogP contribution in [0.2, 0.25) is 0 Å². The van der Waals surface area contributed by atoms with Gasteiger partial charge in [0.1, 0.15) is 0 Å². The fraction of sp³-hybridized carbons (Fsp3) is 0.625. The predicted octanol–water partition coefficient (Wildman–Crippen LogP) is 0.206. The van der Waals surface area contributed by atoms with Crippen molar-refractivity contribution in [3.63, 3.8) is 0 Å². The average Bonchev–Trinajstić information content (AvgIpc) is 2.38. The number of rotatable bonds is 4. The summed E-state index contributed by atoms with van der Waals surface area (Å²) >= 11 is 1.62. The predicted molar refractivity (Wildman–Crippen MR) is 52.8 cm³/mol. The number of carbonyl (C=O) groups is 3. The lowest BCUT2D eigenvalue weighted by Crippen LogP contribution is -2.40. The summed E-state index contributed by atoms with van der Waals surface area (Å²) in [7, 11) is 0. The van der Waals surface area contributed by atoms with Crippen molar-refractivity contribution >= 4 is 29.6 Å². The Morgan fingerprint density at radius 2 is 2.07 bits per heavy atom. The van der Waals surface area contributed by atoms with E-state index >= 15 is 0 Å². The zero-order valence-corrected chi connectivity index (χ0v) is 8.89. The molecule has 1 aliphatic heterocycles. The lowest BCUT2D eigenvalue weighted by Gasteiger charge is -2.19. The molecule has 0 aromatic rings. The third-order valence-electron chi connectivity index (χ3n) is 1.86. The summed E-state index contributed by atoms with van der Waals surface area (Å²) in [6.45, 7) is 3.74. The molecule has 1 heterocycles. The largest absolute Gasteiger partial charge is 0.331 e. The lowest BCUT2D eigenvalue weighted by atomic mass is 10.3. The Morgan fingerprint density at radius 3 is 2.50 bits per heavy atom. The maximum absolute atomic E-state index is 11.2. The Morgan fingerprint density at radius 1 is 1.43 bits per heavy atom. The summed E-state index contributed by atoms with van der Waals surface area (Å²) in [5.74, 6) is -0.00669. The molecule has 0 aromatic heterocycles. The number of thioether (sulfide) groups is 1. The highest BCUT2D eigenvalue weighted by atomic mass is 32.2. The summed E-state index contributed by atoms with van der Waals surface area (Å²) in [6.07, 6.45) is 0. The van der Waals surface area contributed by atoms with Crippen LogP contribution in [0.1, 0.15) is 13.8 Å². The second-order valence-corrected chi connectivity index (χ2v) is 4.26. The number of imide groups is 2. The van der Waals surface area contributed by atoms with Crippen molar-refractivity contribution in [1.82, 2.24) is 10.2 Å². The summed E-state index contributed by atoms with van der Waals surface area (Å²) in [5, 5.41) is 1.96. The van der Waals surface area contributed by atoms with Crippen LogP contribution >= 0.6 is 11.8 Å². The van der Waals surface area contributed by atoms with Crippen molar-refractivity contribution in [2.45, 2.75) is 19.9 Å². The fourth-order valence-corrected chi connectivity index (χ4v) is 1.90. The van der Waals surface area contributed by atoms with Crippen LogP contribution in [0.5, 0.6) is 0 Å². The molecule has 0 aliphatic carbocycles. The first-order chi connectivity index (χ1) is 6.57. The molecule has 0 aromatic carbocycles. The number of nitrogens with one attached hydrogen (secondary N) is 1. The minimum atomic E-state index is -0.830. The van der Waals surface area contributed by atoms with Crippen LogP contribution in [0.15, 0.2) is 0 Å². The van der Waals surface area contributed by atoms with Crippen LogP contribution in [-0.2, 0) is 9.59 Å². The monoisotopic (exact) mass is 216 g/mol. The van der Waals surface area contributed by atoms with E-state index in [0.717, 1.165) is 10.7 Å². The van der Waals surface area contributed by atoms with Crippen LogP contribution in [0.3, 0.4) is 0 Å². The Hall–Kier alpha value is -1.04. The van der Waals surface area contributed by atoms with E-state index in [9.17, 15) is 14.4 Å². The van der Waals surface area contributed by atoms with Crippen LogP contribution in [0, 0.1) is 0 Å². The molecule has 5 nitrogen and oxygen atoms in total. The van der Waals surface area contributed by atoms with Crippen LogP contribution < -0.4 is 5.32 Å². The Labute approximate surface area is 86.2 Å². The second kappa shape index (κ2) is 4.45. The molecule has 1 N–H and O–H groups in total. The van der Waals surface area contributed by atoms with Crippen LogP contribution in [0.25, 0.3) is 0 Å². The number of amides is 4. The van der Waals surface area contributed by atoms with Crippen molar-refractivity contribution in [2.75, 3.05) is 11.5 Å². The van der Waals surface area contributed by atoms with E-state index in [4.69, 9.17) is 0 Å². The smallest absolute Gasteiger partial charge is 0.269 e. The van der Waals surface area contributed by atoms with Crippen molar-refractivity contribution in [1.29, 1.82) is 0 Å². The molecule has 1 fully saturated rings. The number of hydrogen-bond acceptors (Lipinski definition) is 4. The van der Waals surface area contributed by atoms with E-state index in [2.05, 4.69) is 0 Å². The average molecular weight is 216 g/mol. The number of carbonyl (C=O) groups excluding carboxylic acids is 3. The van der Waals surface area contributed by atoms with Gasteiger partial charge in [0.05, 0.1) is 0 Å². The van der Waals surface area contributed by atoms with E-state index in [1.165, 1.54) is 0 Å². The maximum Gasteiger partial charge on any atom is 0.331 e. The summed E-state index contributed by atoms with van der Waals surface area (Å²) in [5.41, 5.74) is 0. The van der Waals surface area contributed by atoms with Crippen molar-refractivity contribution in [3.8, 4) is 0 Å². The SMILES string of the molecule is CCSCC(C)N1C(=O)NC(=O)C1=O. The summed E-state index contributed by atoms with van der Waals surface area (Å²) in [4.78, 5) is 34.2. The molecule has 0 spiro atoms. The van der Waals surface area contributed by atoms with Gasteiger partial charge in [-0.3, -0.25) is 19.8 Å². The molecule has 0 saturated carbocycles. The zero-order valence-electron chi connectivity index (χ0n) is 8.07. The molecular weight excluding hydrogens is 204 g/mol. The molecular formula is C8H12N2O3S. The highest BCUT2D eigenvalue weighted by Gasteiger charge is 2.39. The Kier molecular flexibility index (Phi) is 3.51. The van der Waals surface area contributed by atoms with Crippen molar-refractivity contribution < 1.29 is 14.4 Å². The molecule has 78 valence electrons. The first-order valence-corrected chi connectivity index (χ1v) is 5.49. The van der Waals surface area contributed by atoms with E-state index < -0.39 is 17.8 Å². The van der Waals surface area contributed by atoms with Gasteiger partial charge in [-0.1, -0.05) is 6.92 Å². The molecule has 0 radical (unpaired) electrons. The molecule has 1 rings (SSSR count). The zero-order chi connectivity index (χ0) is 10.7. The van der Waals surface area contributed by atoms with Gasteiger partial charge >= 0.3 is 17.8 Å². The van der Waals surface area contributed by atoms with Gasteiger partial charge in [-0.15, -0.1) is 0 Å². The molecule has 4 amide bonds. The van der Waals surface area contributed by atoms with Crippen molar-refractivity contribution in [3.05, 3.63) is 0 Å². The van der Waals surface area contributed by atoms with Crippen molar-refractivity contribution in [2.24, 2.45) is 0 Å². The van der Waals surface area contributed by atoms with Gasteiger partial charge in [0.25, 0.3) is 0 Å². The van der Waals surface area contributed by atoms with Crippen LogP contribution in [0.4, 0.5) is 4.79 Å². The van der Waals surface area contributed by atoms with E-state index in [1.807, 2.05) is 12.2 Å². The summed E-state index contributed by atoms with van der Waals surface area (Å²) in [6, 6.07) is -0.844.